The number of halogens is 3. The van der Waals surface area contributed by atoms with E-state index in [9.17, 15) is 8.78 Å². The number of nitrogens with zero attached hydrogens (tertiary/aromatic N) is 1. The fourth-order valence-corrected chi connectivity index (χ4v) is 0.960. The molecule has 1 heterocycles. The van der Waals surface area contributed by atoms with Gasteiger partial charge in [-0.3, -0.25) is 4.98 Å². The molecule has 0 spiro atoms. The summed E-state index contributed by atoms with van der Waals surface area (Å²) in [5.74, 6) is -2.89. The highest BCUT2D eigenvalue weighted by Crippen LogP contribution is 2.17. The van der Waals surface area contributed by atoms with Crippen LogP contribution in [-0.2, 0) is 6.42 Å². The van der Waals surface area contributed by atoms with Crippen molar-refractivity contribution < 1.29 is 8.78 Å². The van der Waals surface area contributed by atoms with Gasteiger partial charge in [-0.2, -0.15) is 0 Å². The van der Waals surface area contributed by atoms with Gasteiger partial charge in [0.15, 0.2) is 0 Å². The average Bonchev–Trinajstić information content (AvgIpc) is 2.09. The van der Waals surface area contributed by atoms with E-state index in [0.29, 0.717) is 10.7 Å². The summed E-state index contributed by atoms with van der Waals surface area (Å²) < 4.78 is 25.5. The van der Waals surface area contributed by atoms with E-state index >= 15 is 0 Å². The van der Waals surface area contributed by atoms with Gasteiger partial charge in [0.25, 0.3) is 5.92 Å². The summed E-state index contributed by atoms with van der Waals surface area (Å²) in [7, 11) is 0. The number of hydrogen-bond acceptors (Lipinski definition) is 2. The van der Waals surface area contributed by atoms with Crippen LogP contribution in [0.4, 0.5) is 8.78 Å². The molecule has 0 radical (unpaired) electrons. The number of hydrogen-bond donors (Lipinski definition) is 1. The summed E-state index contributed by atoms with van der Waals surface area (Å²) in [6, 6.07) is 2.99. The van der Waals surface area contributed by atoms with E-state index in [4.69, 9.17) is 17.3 Å². The maximum atomic E-state index is 12.7. The number of nitrogens with two attached hydrogens (primary N) is 1. The van der Waals surface area contributed by atoms with Crippen LogP contribution < -0.4 is 5.73 Å². The van der Waals surface area contributed by atoms with E-state index < -0.39 is 18.9 Å². The second-order valence-electron chi connectivity index (χ2n) is 2.70. The van der Waals surface area contributed by atoms with Crippen molar-refractivity contribution in [3.63, 3.8) is 0 Å². The van der Waals surface area contributed by atoms with Crippen LogP contribution in [0.1, 0.15) is 5.69 Å². The van der Waals surface area contributed by atoms with Crippen molar-refractivity contribution in [2.75, 3.05) is 6.54 Å². The van der Waals surface area contributed by atoms with Crippen molar-refractivity contribution in [2.24, 2.45) is 5.73 Å². The lowest BCUT2D eigenvalue weighted by atomic mass is 10.2. The van der Waals surface area contributed by atoms with Gasteiger partial charge in [-0.25, -0.2) is 8.78 Å². The number of pyridine rings is 1. The standard InChI is InChI=1S/C8H9ClF2N2/c9-6-1-2-7(13-4-6)3-8(10,11)5-12/h1-2,4H,3,5,12H2. The van der Waals surface area contributed by atoms with Gasteiger partial charge < -0.3 is 5.73 Å². The fourth-order valence-electron chi connectivity index (χ4n) is 0.848. The molecule has 0 aliphatic heterocycles. The Hall–Kier alpha value is -0.740. The zero-order valence-corrected chi connectivity index (χ0v) is 7.56. The summed E-state index contributed by atoms with van der Waals surface area (Å²) in [6.45, 7) is -0.669. The quantitative estimate of drug-likeness (QED) is 0.820. The maximum absolute atomic E-state index is 12.7. The summed E-state index contributed by atoms with van der Waals surface area (Å²) in [5.41, 5.74) is 5.17. The van der Waals surface area contributed by atoms with Gasteiger partial charge in [0.05, 0.1) is 18.0 Å². The van der Waals surface area contributed by atoms with E-state index in [1.165, 1.54) is 18.3 Å². The molecule has 1 aromatic rings. The third-order valence-electron chi connectivity index (χ3n) is 1.53. The summed E-state index contributed by atoms with van der Waals surface area (Å²) in [5, 5.41) is 0.430. The molecule has 13 heavy (non-hydrogen) atoms. The molecule has 2 N–H and O–H groups in total. The average molecular weight is 207 g/mol. The molecule has 0 amide bonds. The molecule has 2 nitrogen and oxygen atoms in total. The third-order valence-corrected chi connectivity index (χ3v) is 1.75. The van der Waals surface area contributed by atoms with E-state index in [-0.39, 0.29) is 0 Å². The molecule has 0 unspecified atom stereocenters. The minimum atomic E-state index is -2.89. The van der Waals surface area contributed by atoms with Gasteiger partial charge in [-0.15, -0.1) is 0 Å². The minimum absolute atomic E-state index is 0.292. The smallest absolute Gasteiger partial charge is 0.265 e. The molecule has 0 saturated carbocycles. The normalized spacial score (nSPS) is 11.7. The van der Waals surface area contributed by atoms with Crippen LogP contribution in [0.5, 0.6) is 0 Å². The molecule has 0 aromatic carbocycles. The molecular weight excluding hydrogens is 198 g/mol. The van der Waals surface area contributed by atoms with Crippen LogP contribution in [-0.4, -0.2) is 17.5 Å². The van der Waals surface area contributed by atoms with Crippen LogP contribution in [0.15, 0.2) is 18.3 Å². The Balaban J connectivity index is 2.69. The molecule has 0 bridgehead atoms. The van der Waals surface area contributed by atoms with Crippen molar-refractivity contribution >= 4 is 11.6 Å². The SMILES string of the molecule is NCC(F)(F)Cc1ccc(Cl)cn1. The zero-order valence-electron chi connectivity index (χ0n) is 6.80. The largest absolute Gasteiger partial charge is 0.325 e. The van der Waals surface area contributed by atoms with Crippen molar-refractivity contribution in [3.8, 4) is 0 Å². The number of alkyl halides is 2. The van der Waals surface area contributed by atoms with Gasteiger partial charge in [-0.05, 0) is 12.1 Å². The van der Waals surface area contributed by atoms with Gasteiger partial charge in [0.2, 0.25) is 0 Å². The van der Waals surface area contributed by atoms with Crippen molar-refractivity contribution in [1.29, 1.82) is 0 Å². The van der Waals surface area contributed by atoms with E-state index in [1.54, 1.807) is 0 Å². The monoisotopic (exact) mass is 206 g/mol. The van der Waals surface area contributed by atoms with E-state index in [0.717, 1.165) is 0 Å². The van der Waals surface area contributed by atoms with Crippen LogP contribution in [0.25, 0.3) is 0 Å². The molecule has 0 fully saturated rings. The van der Waals surface area contributed by atoms with Crippen LogP contribution in [0.3, 0.4) is 0 Å². The van der Waals surface area contributed by atoms with Gasteiger partial charge in [-0.1, -0.05) is 11.6 Å². The Morgan fingerprint density at radius 3 is 2.62 bits per heavy atom. The maximum Gasteiger partial charge on any atom is 0.265 e. The Labute approximate surface area is 79.7 Å². The van der Waals surface area contributed by atoms with Gasteiger partial charge >= 0.3 is 0 Å². The van der Waals surface area contributed by atoms with Gasteiger partial charge in [0.1, 0.15) is 0 Å². The molecular formula is C8H9ClF2N2. The summed E-state index contributed by atoms with van der Waals surface area (Å²) in [4.78, 5) is 3.74. The lowest BCUT2D eigenvalue weighted by Crippen LogP contribution is -2.30. The van der Waals surface area contributed by atoms with Crippen molar-refractivity contribution in [3.05, 3.63) is 29.0 Å². The van der Waals surface area contributed by atoms with Crippen LogP contribution in [0.2, 0.25) is 5.02 Å². The first-order chi connectivity index (χ1) is 6.03. The molecule has 1 rings (SSSR count). The number of aromatic nitrogens is 1. The first-order valence-electron chi connectivity index (χ1n) is 3.72. The highest BCUT2D eigenvalue weighted by atomic mass is 35.5. The molecule has 0 atom stereocenters. The Morgan fingerprint density at radius 2 is 2.15 bits per heavy atom. The predicted octanol–water partition coefficient (Wildman–Crippen LogP) is 1.87. The fraction of sp³-hybridized carbons (Fsp3) is 0.375. The lowest BCUT2D eigenvalue weighted by Gasteiger charge is -2.12. The topological polar surface area (TPSA) is 38.9 Å². The molecule has 0 aliphatic rings. The Morgan fingerprint density at radius 1 is 1.46 bits per heavy atom. The molecule has 5 heteroatoms. The summed E-state index contributed by atoms with van der Waals surface area (Å²) >= 11 is 5.54. The first kappa shape index (κ1) is 10.3. The second-order valence-corrected chi connectivity index (χ2v) is 3.14. The van der Waals surface area contributed by atoms with Gasteiger partial charge in [0, 0.05) is 11.9 Å². The van der Waals surface area contributed by atoms with E-state index in [2.05, 4.69) is 4.98 Å². The highest BCUT2D eigenvalue weighted by Gasteiger charge is 2.27. The second kappa shape index (κ2) is 3.98. The van der Waals surface area contributed by atoms with Crippen LogP contribution in [0, 0.1) is 0 Å². The van der Waals surface area contributed by atoms with Crippen molar-refractivity contribution in [2.45, 2.75) is 12.3 Å². The number of rotatable bonds is 3. The Kier molecular flexibility index (Phi) is 3.17. The third kappa shape index (κ3) is 3.24. The molecule has 72 valence electrons. The summed E-state index contributed by atoms with van der Waals surface area (Å²) in [6.07, 6.45) is 0.893. The van der Waals surface area contributed by atoms with Crippen LogP contribution >= 0.6 is 11.6 Å². The highest BCUT2D eigenvalue weighted by molar-refractivity contribution is 6.30. The molecule has 0 saturated heterocycles. The first-order valence-corrected chi connectivity index (χ1v) is 4.09. The zero-order chi connectivity index (χ0) is 9.90. The molecule has 0 aliphatic carbocycles. The van der Waals surface area contributed by atoms with Crippen molar-refractivity contribution in [1.82, 2.24) is 4.98 Å². The lowest BCUT2D eigenvalue weighted by molar-refractivity contribution is 0.0105. The molecule has 1 aromatic heterocycles. The van der Waals surface area contributed by atoms with E-state index in [1.807, 2.05) is 0 Å². The minimum Gasteiger partial charge on any atom is -0.325 e. The predicted molar refractivity (Wildman–Crippen MR) is 47.0 cm³/mol. The Bertz CT molecular complexity index is 274.